The van der Waals surface area contributed by atoms with Crippen LogP contribution in [0.25, 0.3) is 11.3 Å². The van der Waals surface area contributed by atoms with E-state index in [9.17, 15) is 12.8 Å². The largest absolute Gasteiger partial charge is 0.354 e. The molecule has 1 aromatic heterocycles. The predicted molar refractivity (Wildman–Crippen MR) is 97.1 cm³/mol. The molecule has 0 saturated carbocycles. The number of rotatable bonds is 4. The minimum absolute atomic E-state index is 0.000830. The molecule has 3 rings (SSSR count). The second-order valence-electron chi connectivity index (χ2n) is 5.45. The Morgan fingerprint density at radius 1 is 1.08 bits per heavy atom. The van der Waals surface area contributed by atoms with Gasteiger partial charge in [-0.3, -0.25) is 4.98 Å². The first kappa shape index (κ1) is 17.4. The minimum atomic E-state index is -3.83. The first-order valence-corrected chi connectivity index (χ1v) is 9.69. The number of benzene rings is 2. The van der Waals surface area contributed by atoms with Crippen molar-refractivity contribution in [3.8, 4) is 11.3 Å². The number of halogens is 2. The van der Waals surface area contributed by atoms with Crippen molar-refractivity contribution in [2.45, 2.75) is 11.8 Å². The van der Waals surface area contributed by atoms with Crippen LogP contribution in [0.5, 0.6) is 0 Å². The van der Waals surface area contributed by atoms with Crippen LogP contribution in [-0.4, -0.2) is 13.4 Å². The van der Waals surface area contributed by atoms with Gasteiger partial charge in [-0.05, 0) is 55.0 Å². The number of pyridine rings is 1. The van der Waals surface area contributed by atoms with E-state index in [2.05, 4.69) is 10.3 Å². The van der Waals surface area contributed by atoms with Gasteiger partial charge in [0.1, 0.15) is 5.82 Å². The molecule has 0 spiro atoms. The number of aryl methyl sites for hydroxylation is 1. The van der Waals surface area contributed by atoms with E-state index in [0.717, 1.165) is 0 Å². The molecular weight excluding hydrogens is 363 g/mol. The first-order chi connectivity index (χ1) is 11.8. The minimum Gasteiger partial charge on any atom is -0.354 e. The quantitative estimate of drug-likeness (QED) is 0.660. The van der Waals surface area contributed by atoms with Crippen LogP contribution < -0.4 is 5.32 Å². The predicted octanol–water partition coefficient (Wildman–Crippen LogP) is 4.87. The summed E-state index contributed by atoms with van der Waals surface area (Å²) >= 11 is 0. The van der Waals surface area contributed by atoms with Crippen molar-refractivity contribution in [1.82, 2.24) is 4.98 Å². The fourth-order valence-electron chi connectivity index (χ4n) is 2.41. The lowest BCUT2D eigenvalue weighted by Gasteiger charge is -2.12. The van der Waals surface area contributed by atoms with E-state index in [0.29, 0.717) is 28.2 Å². The lowest BCUT2D eigenvalue weighted by molar-refractivity contribution is 0.609. The highest BCUT2D eigenvalue weighted by Gasteiger charge is 2.13. The molecule has 1 heterocycles. The Hall–Kier alpha value is -2.44. The number of nitrogens with one attached hydrogen (secondary N) is 1. The van der Waals surface area contributed by atoms with Gasteiger partial charge in [-0.2, -0.15) is 0 Å². The Kier molecular flexibility index (Phi) is 4.74. The summed E-state index contributed by atoms with van der Waals surface area (Å²) in [6.45, 7) is 1.68. The average Bonchev–Trinajstić information content (AvgIpc) is 2.58. The second kappa shape index (κ2) is 6.82. The molecular formula is C18H14ClFN2O2S. The molecule has 0 atom stereocenters. The molecule has 0 bridgehead atoms. The van der Waals surface area contributed by atoms with E-state index in [1.165, 1.54) is 18.2 Å². The van der Waals surface area contributed by atoms with Crippen LogP contribution in [0.4, 0.5) is 15.8 Å². The molecule has 0 fully saturated rings. The normalized spacial score (nSPS) is 11.3. The maximum atomic E-state index is 13.4. The third kappa shape index (κ3) is 3.97. The van der Waals surface area contributed by atoms with Gasteiger partial charge in [0.05, 0.1) is 16.3 Å². The number of anilines is 2. The van der Waals surface area contributed by atoms with Crippen molar-refractivity contribution in [2.75, 3.05) is 5.32 Å². The summed E-state index contributed by atoms with van der Waals surface area (Å²) in [5.41, 5.74) is 3.05. The molecule has 25 heavy (non-hydrogen) atoms. The van der Waals surface area contributed by atoms with Crippen LogP contribution >= 0.6 is 10.7 Å². The molecule has 0 aliphatic heterocycles. The lowest BCUT2D eigenvalue weighted by Crippen LogP contribution is -1.97. The topological polar surface area (TPSA) is 59.1 Å². The van der Waals surface area contributed by atoms with Crippen LogP contribution in [0.15, 0.2) is 65.7 Å². The summed E-state index contributed by atoms with van der Waals surface area (Å²) < 4.78 is 36.5. The summed E-state index contributed by atoms with van der Waals surface area (Å²) in [5.74, 6) is -0.281. The summed E-state index contributed by atoms with van der Waals surface area (Å²) in [4.78, 5) is 4.33. The van der Waals surface area contributed by atoms with Gasteiger partial charge in [0, 0.05) is 28.1 Å². The molecule has 0 aliphatic rings. The van der Waals surface area contributed by atoms with E-state index >= 15 is 0 Å². The summed E-state index contributed by atoms with van der Waals surface area (Å²) in [5, 5.41) is 3.19. The van der Waals surface area contributed by atoms with Gasteiger partial charge in [-0.1, -0.05) is 12.1 Å². The van der Waals surface area contributed by atoms with E-state index < -0.39 is 9.05 Å². The molecule has 4 nitrogen and oxygen atoms in total. The van der Waals surface area contributed by atoms with Gasteiger partial charge in [0.15, 0.2) is 0 Å². The van der Waals surface area contributed by atoms with Crippen LogP contribution in [0.1, 0.15) is 5.56 Å². The molecule has 2 aromatic carbocycles. The monoisotopic (exact) mass is 376 g/mol. The highest BCUT2D eigenvalue weighted by molar-refractivity contribution is 8.13. The smallest absolute Gasteiger partial charge is 0.261 e. The Morgan fingerprint density at radius 3 is 2.60 bits per heavy atom. The third-order valence-corrected chi connectivity index (χ3v) is 4.99. The molecule has 1 N–H and O–H groups in total. The Bertz CT molecular complexity index is 1040. The summed E-state index contributed by atoms with van der Waals surface area (Å²) in [6, 6.07) is 14.5. The second-order valence-corrected chi connectivity index (χ2v) is 8.02. The van der Waals surface area contributed by atoms with Crippen molar-refractivity contribution < 1.29 is 12.8 Å². The number of aromatic nitrogens is 1. The number of hydrogen-bond donors (Lipinski definition) is 1. The maximum absolute atomic E-state index is 13.4. The lowest BCUT2D eigenvalue weighted by atomic mass is 10.1. The zero-order valence-electron chi connectivity index (χ0n) is 13.2. The summed E-state index contributed by atoms with van der Waals surface area (Å²) in [6.07, 6.45) is 1.61. The van der Waals surface area contributed by atoms with Crippen LogP contribution in [-0.2, 0) is 9.05 Å². The summed E-state index contributed by atoms with van der Waals surface area (Å²) in [7, 11) is 1.59. The van der Waals surface area contributed by atoms with Crippen LogP contribution in [0.2, 0.25) is 0 Å². The van der Waals surface area contributed by atoms with Gasteiger partial charge in [-0.25, -0.2) is 12.8 Å². The zero-order valence-corrected chi connectivity index (χ0v) is 14.8. The van der Waals surface area contributed by atoms with E-state index in [1.807, 2.05) is 6.07 Å². The van der Waals surface area contributed by atoms with Crippen molar-refractivity contribution in [3.05, 3.63) is 72.2 Å². The molecule has 7 heteroatoms. The molecule has 128 valence electrons. The van der Waals surface area contributed by atoms with Gasteiger partial charge in [-0.15, -0.1) is 0 Å². The Morgan fingerprint density at radius 2 is 1.88 bits per heavy atom. The van der Waals surface area contributed by atoms with Crippen LogP contribution in [0, 0.1) is 12.7 Å². The first-order valence-electron chi connectivity index (χ1n) is 7.38. The molecule has 0 amide bonds. The van der Waals surface area contributed by atoms with Crippen LogP contribution in [0.3, 0.4) is 0 Å². The van der Waals surface area contributed by atoms with Crippen molar-refractivity contribution in [3.63, 3.8) is 0 Å². The fourth-order valence-corrected chi connectivity index (χ4v) is 3.21. The van der Waals surface area contributed by atoms with Gasteiger partial charge in [0.25, 0.3) is 9.05 Å². The van der Waals surface area contributed by atoms with Gasteiger partial charge in [0.2, 0.25) is 0 Å². The van der Waals surface area contributed by atoms with Crippen molar-refractivity contribution >= 4 is 31.1 Å². The number of nitrogens with zero attached hydrogens (tertiary/aromatic N) is 1. The highest BCUT2D eigenvalue weighted by Crippen LogP contribution is 2.30. The molecule has 0 unspecified atom stereocenters. The fraction of sp³-hybridized carbons (Fsp3) is 0.0556. The van der Waals surface area contributed by atoms with Gasteiger partial charge >= 0.3 is 0 Å². The van der Waals surface area contributed by atoms with Gasteiger partial charge < -0.3 is 5.32 Å². The van der Waals surface area contributed by atoms with E-state index in [-0.39, 0.29) is 10.7 Å². The molecule has 0 saturated heterocycles. The van der Waals surface area contributed by atoms with Crippen molar-refractivity contribution in [2.24, 2.45) is 0 Å². The van der Waals surface area contributed by atoms with E-state index in [1.54, 1.807) is 43.5 Å². The Balaban J connectivity index is 2.03. The number of hydrogen-bond acceptors (Lipinski definition) is 4. The molecule has 3 aromatic rings. The Labute approximate surface area is 149 Å². The maximum Gasteiger partial charge on any atom is 0.261 e. The zero-order chi connectivity index (χ0) is 18.0. The SMILES string of the molecule is Cc1cc(Nc2cccnc2-c2cccc(S(=O)(=O)Cl)c2)ccc1F. The van der Waals surface area contributed by atoms with E-state index in [4.69, 9.17) is 10.7 Å². The van der Waals surface area contributed by atoms with Crippen molar-refractivity contribution in [1.29, 1.82) is 0 Å². The molecule has 0 radical (unpaired) electrons. The standard InChI is InChI=1S/C18H14ClFN2O2S/c1-12-10-14(7-8-16(12)20)22-17-6-3-9-21-18(17)13-4-2-5-15(11-13)25(19,23)24/h2-11,22H,1H3. The highest BCUT2D eigenvalue weighted by atomic mass is 35.7. The molecule has 0 aliphatic carbocycles. The third-order valence-electron chi connectivity index (χ3n) is 3.63. The average molecular weight is 377 g/mol.